The maximum Gasteiger partial charge on any atom is 0.269 e. The average molecular weight is 871 g/mol. The van der Waals surface area contributed by atoms with Crippen LogP contribution < -0.4 is 31.6 Å². The van der Waals surface area contributed by atoms with Gasteiger partial charge in [-0.2, -0.15) is 18.8 Å². The highest BCUT2D eigenvalue weighted by molar-refractivity contribution is 7.89. The molecular weight excluding hydrogens is 821 g/mol. The predicted molar refractivity (Wildman–Crippen MR) is 220 cm³/mol. The third-order valence-electron chi connectivity index (χ3n) is 9.62. The first-order valence-corrected chi connectivity index (χ1v) is 22.2. The number of hydrogen-bond donors (Lipinski definition) is 4. The zero-order valence-corrected chi connectivity index (χ0v) is 35.9. The number of aromatic nitrogens is 4. The highest BCUT2D eigenvalue weighted by Crippen LogP contribution is 2.31. The minimum atomic E-state index is -4.29. The molecule has 324 valence electrons. The number of hydrogen-bond acceptors (Lipinski definition) is 12. The summed E-state index contributed by atoms with van der Waals surface area (Å²) in [6.07, 6.45) is 2.14. The number of primary amides is 2. The van der Waals surface area contributed by atoms with Crippen molar-refractivity contribution >= 4 is 55.1 Å². The van der Waals surface area contributed by atoms with Crippen molar-refractivity contribution in [3.05, 3.63) is 70.3 Å². The van der Waals surface area contributed by atoms with Gasteiger partial charge in [0.15, 0.2) is 0 Å². The van der Waals surface area contributed by atoms with Gasteiger partial charge in [0.2, 0.25) is 20.0 Å². The van der Waals surface area contributed by atoms with Crippen LogP contribution in [0.1, 0.15) is 93.6 Å². The first kappa shape index (κ1) is 45.2. The van der Waals surface area contributed by atoms with E-state index in [-0.39, 0.29) is 94.6 Å². The molecule has 1 aliphatic heterocycles. The first-order valence-electron chi connectivity index (χ1n) is 19.3. The molecule has 0 unspecified atom stereocenters. The van der Waals surface area contributed by atoms with E-state index in [0.29, 0.717) is 37.1 Å². The Kier molecular flexibility index (Phi) is 14.0. The zero-order chi connectivity index (χ0) is 44.1. The third-order valence-corrected chi connectivity index (χ3v) is 13.4. The van der Waals surface area contributed by atoms with Crippen LogP contribution in [0.3, 0.4) is 0 Å². The topological polar surface area (TPSA) is 273 Å². The molecule has 1 fully saturated rings. The molecule has 2 aromatic heterocycles. The summed E-state index contributed by atoms with van der Waals surface area (Å²) in [4.78, 5) is 51.6. The number of rotatable bonds is 18. The van der Waals surface area contributed by atoms with Crippen LogP contribution in [0.5, 0.6) is 11.5 Å². The van der Waals surface area contributed by atoms with Crippen molar-refractivity contribution in [2.24, 2.45) is 25.6 Å². The largest absolute Gasteiger partial charge is 0.493 e. The Labute approximate surface area is 348 Å². The predicted octanol–water partition coefficient (Wildman–Crippen LogP) is 2.25. The van der Waals surface area contributed by atoms with Crippen LogP contribution in [0.25, 0.3) is 0 Å². The first-order chi connectivity index (χ1) is 28.4. The smallest absolute Gasteiger partial charge is 0.269 e. The Bertz CT molecular complexity index is 2350. The lowest BCUT2D eigenvalue weighted by Crippen LogP contribution is -2.50. The molecule has 0 atom stereocenters. The lowest BCUT2D eigenvalue weighted by molar-refractivity contribution is 0.0981. The summed E-state index contributed by atoms with van der Waals surface area (Å²) in [5, 5.41) is 14.0. The Balaban J connectivity index is 1.38. The van der Waals surface area contributed by atoms with E-state index in [0.717, 1.165) is 20.7 Å². The second-order valence-corrected chi connectivity index (χ2v) is 17.6. The van der Waals surface area contributed by atoms with E-state index in [1.54, 1.807) is 13.8 Å². The Morgan fingerprint density at radius 2 is 0.983 bits per heavy atom. The van der Waals surface area contributed by atoms with Gasteiger partial charge in [-0.1, -0.05) is 26.7 Å². The fraction of sp³-hybridized carbons (Fsp3) is 0.421. The van der Waals surface area contributed by atoms with Gasteiger partial charge in [0.25, 0.3) is 23.6 Å². The van der Waals surface area contributed by atoms with E-state index in [2.05, 4.69) is 20.8 Å². The summed E-state index contributed by atoms with van der Waals surface area (Å²) < 4.78 is 72.2. The minimum Gasteiger partial charge on any atom is -0.493 e. The highest BCUT2D eigenvalue weighted by atomic mass is 32.2. The summed E-state index contributed by atoms with van der Waals surface area (Å²) in [6, 6.07) is 7.60. The molecule has 1 saturated heterocycles. The van der Waals surface area contributed by atoms with Gasteiger partial charge < -0.3 is 31.6 Å². The second-order valence-electron chi connectivity index (χ2n) is 13.7. The Morgan fingerprint density at radius 3 is 1.28 bits per heavy atom. The van der Waals surface area contributed by atoms with Gasteiger partial charge in [0.05, 0.1) is 56.9 Å². The molecular formula is C38H50N10O10S2. The van der Waals surface area contributed by atoms with Crippen molar-refractivity contribution in [1.29, 1.82) is 0 Å². The van der Waals surface area contributed by atoms with Crippen LogP contribution in [0, 0.1) is 0 Å². The van der Waals surface area contributed by atoms with Gasteiger partial charge in [0, 0.05) is 40.3 Å². The molecule has 60 heavy (non-hydrogen) atoms. The van der Waals surface area contributed by atoms with E-state index >= 15 is 0 Å². The van der Waals surface area contributed by atoms with Crippen molar-refractivity contribution in [2.75, 3.05) is 50.0 Å². The number of carbonyl (C=O) groups excluding carboxylic acids is 4. The maximum absolute atomic E-state index is 14.0. The number of carbonyl (C=O) groups is 4. The molecule has 5 rings (SSSR count). The van der Waals surface area contributed by atoms with Gasteiger partial charge in [-0.15, -0.1) is 0 Å². The number of aryl methyl sites for hydroxylation is 4. The number of piperazine rings is 1. The van der Waals surface area contributed by atoms with Crippen molar-refractivity contribution in [1.82, 2.24) is 28.2 Å². The summed E-state index contributed by atoms with van der Waals surface area (Å²) >= 11 is 0. The third kappa shape index (κ3) is 9.15. The fourth-order valence-electron chi connectivity index (χ4n) is 6.88. The maximum atomic E-state index is 14.0. The van der Waals surface area contributed by atoms with Crippen molar-refractivity contribution in [3.8, 4) is 11.5 Å². The summed E-state index contributed by atoms with van der Waals surface area (Å²) in [7, 11) is -5.54. The van der Waals surface area contributed by atoms with E-state index in [9.17, 15) is 36.0 Å². The lowest BCUT2D eigenvalue weighted by atomic mass is 10.1. The number of ether oxygens (including phenoxy) is 2. The quantitative estimate of drug-likeness (QED) is 0.112. The van der Waals surface area contributed by atoms with E-state index in [1.807, 2.05) is 13.8 Å². The molecule has 6 N–H and O–H groups in total. The Hall–Kier alpha value is -5.84. The fourth-order valence-corrected chi connectivity index (χ4v) is 9.78. The molecule has 20 nitrogen and oxygen atoms in total. The van der Waals surface area contributed by atoms with Gasteiger partial charge in [-0.05, 0) is 63.1 Å². The molecule has 0 saturated carbocycles. The molecule has 0 spiro atoms. The summed E-state index contributed by atoms with van der Waals surface area (Å²) in [6.45, 7) is 6.54. The van der Waals surface area contributed by atoms with Crippen LogP contribution in [0.2, 0.25) is 0 Å². The zero-order valence-electron chi connectivity index (χ0n) is 34.3. The van der Waals surface area contributed by atoms with Crippen LogP contribution in [0.4, 0.5) is 11.4 Å². The van der Waals surface area contributed by atoms with Gasteiger partial charge in [-0.25, -0.2) is 16.8 Å². The van der Waals surface area contributed by atoms with E-state index in [4.69, 9.17) is 20.9 Å². The van der Waals surface area contributed by atoms with E-state index < -0.39 is 43.7 Å². The monoisotopic (exact) mass is 870 g/mol. The Morgan fingerprint density at radius 1 is 0.633 bits per heavy atom. The number of nitrogens with one attached hydrogen (secondary N) is 2. The summed E-state index contributed by atoms with van der Waals surface area (Å²) in [5.74, 6) is -2.99. The molecule has 2 aromatic carbocycles. The number of sulfonamides is 2. The second kappa shape index (κ2) is 18.6. The van der Waals surface area contributed by atoms with Gasteiger partial charge in [0.1, 0.15) is 22.9 Å². The van der Waals surface area contributed by atoms with Crippen molar-refractivity contribution in [2.45, 2.75) is 63.2 Å². The molecule has 4 amide bonds. The van der Waals surface area contributed by atoms with Crippen LogP contribution in [0.15, 0.2) is 46.2 Å². The average Bonchev–Trinajstić information content (AvgIpc) is 3.68. The van der Waals surface area contributed by atoms with Crippen LogP contribution in [-0.2, 0) is 47.0 Å². The highest BCUT2D eigenvalue weighted by Gasteiger charge is 2.36. The molecule has 3 heterocycles. The number of amides is 4. The van der Waals surface area contributed by atoms with Crippen molar-refractivity contribution in [3.63, 3.8) is 0 Å². The molecule has 0 radical (unpaired) electrons. The van der Waals surface area contributed by atoms with Gasteiger partial charge >= 0.3 is 0 Å². The normalized spacial score (nSPS) is 13.8. The number of nitrogens with zero attached hydrogens (tertiary/aromatic N) is 6. The lowest BCUT2D eigenvalue weighted by Gasteiger charge is -2.33. The van der Waals surface area contributed by atoms with Crippen LogP contribution >= 0.6 is 0 Å². The molecule has 0 aliphatic carbocycles. The minimum absolute atomic E-state index is 0.0318. The molecule has 0 bridgehead atoms. The summed E-state index contributed by atoms with van der Waals surface area (Å²) in [5.41, 5.74) is 11.9. The number of nitrogens with two attached hydrogens (primary N) is 2. The molecule has 1 aliphatic rings. The van der Waals surface area contributed by atoms with E-state index in [1.165, 1.54) is 47.7 Å². The number of anilines is 2. The number of benzene rings is 2. The van der Waals surface area contributed by atoms with Crippen molar-refractivity contribution < 1.29 is 45.5 Å². The standard InChI is InChI=1S/C38H50N10O10S2/c1-7-11-27-31(33(35(39)49)45(5)43-27)41-37(51)25-21-23(13-15-29(25)57-9-3)59(53,54)47-17-19-48(20-18-47)60(55,56)24-14-16-30(58-10-4)26(22-24)38(52)42-32-28(12-8-2)44-46(6)34(32)36(40)50/h13-16,21-22H,7-12,17-20H2,1-6H3,(H2,39,49)(H2,40,50)(H,41,51)(H,42,52). The van der Waals surface area contributed by atoms with Crippen LogP contribution in [-0.4, -0.2) is 108 Å². The molecule has 22 heteroatoms. The van der Waals surface area contributed by atoms with Gasteiger partial charge in [-0.3, -0.25) is 28.5 Å². The SMILES string of the molecule is CCCc1nn(C)c(C(N)=O)c1NC(=O)c1cc(S(=O)(=O)N2CCN(S(=O)(=O)c3ccc(OCC)c(C(=O)Nc4c(CCC)nn(C)c4C(N)=O)c3)CC2)ccc1OCC. The molecule has 4 aromatic rings.